The molecule has 0 fully saturated rings. The fourth-order valence-corrected chi connectivity index (χ4v) is 3.66. The summed E-state index contributed by atoms with van der Waals surface area (Å²) < 4.78 is 5.90. The third-order valence-corrected chi connectivity index (χ3v) is 5.04. The van der Waals surface area contributed by atoms with Crippen molar-refractivity contribution in [2.75, 3.05) is 7.11 Å². The second-order valence-electron chi connectivity index (χ2n) is 9.09. The maximum Gasteiger partial charge on any atom is 0.126 e. The van der Waals surface area contributed by atoms with Gasteiger partial charge in [0.2, 0.25) is 0 Å². The molecule has 132 valence electrons. The first-order chi connectivity index (χ1) is 11.6. The molecule has 1 aliphatic carbocycles. The lowest BCUT2D eigenvalue weighted by Crippen LogP contribution is -2.19. The Hall–Kier alpha value is -2.02. The Kier molecular flexibility index (Phi) is 4.31. The zero-order valence-electron chi connectivity index (χ0n) is 16.7. The van der Waals surface area contributed by atoms with E-state index in [2.05, 4.69) is 84.0 Å². The number of benzene rings is 2. The molecule has 0 bridgehead atoms. The third-order valence-electron chi connectivity index (χ3n) is 5.04. The fraction of sp³-hybridized carbons (Fsp3) is 0.417. The largest absolute Gasteiger partial charge is 0.496 e. The van der Waals surface area contributed by atoms with Crippen molar-refractivity contribution in [3.05, 3.63) is 58.7 Å². The molecule has 0 saturated carbocycles. The lowest BCUT2D eigenvalue weighted by Gasteiger charge is -2.30. The molecule has 2 aromatic rings. The maximum absolute atomic E-state index is 5.90. The predicted octanol–water partition coefficient (Wildman–Crippen LogP) is 6.53. The van der Waals surface area contributed by atoms with E-state index in [9.17, 15) is 0 Å². The van der Waals surface area contributed by atoms with E-state index in [1.165, 1.54) is 33.4 Å². The van der Waals surface area contributed by atoms with E-state index in [-0.39, 0.29) is 10.8 Å². The topological polar surface area (TPSA) is 9.23 Å². The lowest BCUT2D eigenvalue weighted by molar-refractivity contribution is 0.381. The van der Waals surface area contributed by atoms with Crippen molar-refractivity contribution in [1.82, 2.24) is 0 Å². The van der Waals surface area contributed by atoms with Crippen LogP contribution in [0.3, 0.4) is 0 Å². The van der Waals surface area contributed by atoms with Gasteiger partial charge >= 0.3 is 0 Å². The van der Waals surface area contributed by atoms with Crippen LogP contribution in [-0.4, -0.2) is 7.11 Å². The van der Waals surface area contributed by atoms with Gasteiger partial charge in [0, 0.05) is 11.1 Å². The molecule has 3 rings (SSSR count). The minimum absolute atomic E-state index is 0.0230. The van der Waals surface area contributed by atoms with E-state index in [0.29, 0.717) is 0 Å². The van der Waals surface area contributed by atoms with Crippen LogP contribution in [0.1, 0.15) is 63.8 Å². The highest BCUT2D eigenvalue weighted by Crippen LogP contribution is 2.43. The number of hydrogen-bond acceptors (Lipinski definition) is 1. The summed E-state index contributed by atoms with van der Waals surface area (Å²) in [5.41, 5.74) is 8.00. The highest BCUT2D eigenvalue weighted by Gasteiger charge is 2.28. The standard InChI is InChI=1S/C24H30O/c1-23(2,3)20-14-17(15-21(22(20)25-7)24(4,5)6)19-13-9-11-16-10-8-12-18(16)19/h8-9,11-15H,10H2,1-7H3. The van der Waals surface area contributed by atoms with Gasteiger partial charge in [-0.25, -0.2) is 0 Å². The summed E-state index contributed by atoms with van der Waals surface area (Å²) in [4.78, 5) is 0. The van der Waals surface area contributed by atoms with Gasteiger partial charge in [-0.3, -0.25) is 0 Å². The molecule has 0 aliphatic heterocycles. The van der Waals surface area contributed by atoms with Crippen molar-refractivity contribution in [3.8, 4) is 16.9 Å². The maximum atomic E-state index is 5.90. The minimum Gasteiger partial charge on any atom is -0.496 e. The van der Waals surface area contributed by atoms with E-state index >= 15 is 0 Å². The summed E-state index contributed by atoms with van der Waals surface area (Å²) in [6.07, 6.45) is 5.56. The molecule has 0 spiro atoms. The quantitative estimate of drug-likeness (QED) is 0.607. The highest BCUT2D eigenvalue weighted by molar-refractivity contribution is 5.81. The molecule has 0 unspecified atom stereocenters. The Bertz CT molecular complexity index is 791. The molecule has 0 atom stereocenters. The van der Waals surface area contributed by atoms with Gasteiger partial charge in [-0.15, -0.1) is 0 Å². The van der Waals surface area contributed by atoms with Gasteiger partial charge in [-0.1, -0.05) is 71.9 Å². The van der Waals surface area contributed by atoms with Crippen LogP contribution in [0.15, 0.2) is 36.4 Å². The van der Waals surface area contributed by atoms with E-state index in [1.807, 2.05) is 0 Å². The van der Waals surface area contributed by atoms with Crippen molar-refractivity contribution < 1.29 is 4.74 Å². The first-order valence-electron chi connectivity index (χ1n) is 9.14. The molecule has 1 aliphatic rings. The van der Waals surface area contributed by atoms with Crippen LogP contribution in [-0.2, 0) is 17.3 Å². The lowest BCUT2D eigenvalue weighted by atomic mass is 9.77. The fourth-order valence-electron chi connectivity index (χ4n) is 3.66. The zero-order chi connectivity index (χ0) is 18.4. The molecule has 1 nitrogen and oxygen atoms in total. The monoisotopic (exact) mass is 334 g/mol. The van der Waals surface area contributed by atoms with Crippen LogP contribution < -0.4 is 4.74 Å². The highest BCUT2D eigenvalue weighted by atomic mass is 16.5. The zero-order valence-corrected chi connectivity index (χ0v) is 16.7. The number of rotatable bonds is 2. The van der Waals surface area contributed by atoms with Crippen LogP contribution in [0.25, 0.3) is 17.2 Å². The first-order valence-corrected chi connectivity index (χ1v) is 9.14. The van der Waals surface area contributed by atoms with Crippen LogP contribution >= 0.6 is 0 Å². The van der Waals surface area contributed by atoms with Crippen molar-refractivity contribution >= 4 is 6.08 Å². The summed E-state index contributed by atoms with van der Waals surface area (Å²) in [7, 11) is 1.79. The van der Waals surface area contributed by atoms with Crippen LogP contribution in [0.5, 0.6) is 5.75 Å². The summed E-state index contributed by atoms with van der Waals surface area (Å²) in [5.74, 6) is 1.03. The Morgan fingerprint density at radius 3 is 2.00 bits per heavy atom. The Morgan fingerprint density at radius 2 is 1.48 bits per heavy atom. The van der Waals surface area contributed by atoms with Gasteiger partial charge in [0.25, 0.3) is 0 Å². The van der Waals surface area contributed by atoms with Gasteiger partial charge in [0.15, 0.2) is 0 Å². The first kappa shape index (κ1) is 17.8. The normalized spacial score (nSPS) is 13.9. The predicted molar refractivity (Wildman–Crippen MR) is 109 cm³/mol. The molecule has 25 heavy (non-hydrogen) atoms. The molecule has 2 aromatic carbocycles. The summed E-state index contributed by atoms with van der Waals surface area (Å²) in [5, 5.41) is 0. The molecule has 0 heterocycles. The molecule has 1 heteroatoms. The molecular weight excluding hydrogens is 304 g/mol. The van der Waals surface area contributed by atoms with Crippen LogP contribution in [0.4, 0.5) is 0 Å². The molecular formula is C24H30O. The smallest absolute Gasteiger partial charge is 0.126 e. The molecule has 0 amide bonds. The number of methoxy groups -OCH3 is 1. The van der Waals surface area contributed by atoms with Gasteiger partial charge in [0.1, 0.15) is 5.75 Å². The molecule has 0 radical (unpaired) electrons. The molecule has 0 N–H and O–H groups in total. The van der Waals surface area contributed by atoms with Crippen LogP contribution in [0.2, 0.25) is 0 Å². The second kappa shape index (κ2) is 6.05. The van der Waals surface area contributed by atoms with E-state index in [0.717, 1.165) is 12.2 Å². The minimum atomic E-state index is 0.0230. The van der Waals surface area contributed by atoms with E-state index in [4.69, 9.17) is 4.74 Å². The average Bonchev–Trinajstić information content (AvgIpc) is 3.00. The number of allylic oxidation sites excluding steroid dienone is 1. The molecule has 0 aromatic heterocycles. The Balaban J connectivity index is 2.33. The van der Waals surface area contributed by atoms with Crippen LogP contribution in [0, 0.1) is 0 Å². The molecule has 0 saturated heterocycles. The van der Waals surface area contributed by atoms with Gasteiger partial charge in [-0.05, 0) is 51.6 Å². The van der Waals surface area contributed by atoms with E-state index < -0.39 is 0 Å². The van der Waals surface area contributed by atoms with Crippen molar-refractivity contribution in [2.45, 2.75) is 58.8 Å². The SMILES string of the molecule is COc1c(C(C)(C)C)cc(-c2cccc3c2C=CC3)cc1C(C)(C)C. The number of hydrogen-bond donors (Lipinski definition) is 0. The Morgan fingerprint density at radius 1 is 0.880 bits per heavy atom. The number of ether oxygens (including phenoxy) is 1. The van der Waals surface area contributed by atoms with Crippen molar-refractivity contribution in [1.29, 1.82) is 0 Å². The third kappa shape index (κ3) is 3.25. The van der Waals surface area contributed by atoms with E-state index in [1.54, 1.807) is 7.11 Å². The van der Waals surface area contributed by atoms with Crippen molar-refractivity contribution in [3.63, 3.8) is 0 Å². The average molecular weight is 335 g/mol. The summed E-state index contributed by atoms with van der Waals surface area (Å²) >= 11 is 0. The van der Waals surface area contributed by atoms with Gasteiger partial charge in [0.05, 0.1) is 7.11 Å². The summed E-state index contributed by atoms with van der Waals surface area (Å²) in [6.45, 7) is 13.6. The number of fused-ring (bicyclic) bond motifs is 1. The Labute approximate surface area is 152 Å². The van der Waals surface area contributed by atoms with Crippen molar-refractivity contribution in [2.24, 2.45) is 0 Å². The second-order valence-corrected chi connectivity index (χ2v) is 9.09. The van der Waals surface area contributed by atoms with Gasteiger partial charge in [-0.2, -0.15) is 0 Å². The summed E-state index contributed by atoms with van der Waals surface area (Å²) in [6, 6.07) is 11.3. The van der Waals surface area contributed by atoms with Gasteiger partial charge < -0.3 is 4.74 Å².